The highest BCUT2D eigenvalue weighted by Gasteiger charge is 2.21. The van der Waals surface area contributed by atoms with Gasteiger partial charge in [0.2, 0.25) is 0 Å². The number of fused-ring (bicyclic) bond motifs is 2. The van der Waals surface area contributed by atoms with E-state index < -0.39 is 5.97 Å². The summed E-state index contributed by atoms with van der Waals surface area (Å²) >= 11 is 0. The molecule has 1 aliphatic heterocycles. The summed E-state index contributed by atoms with van der Waals surface area (Å²) in [7, 11) is 1.33. The lowest BCUT2D eigenvalue weighted by Crippen LogP contribution is -2.13. The Morgan fingerprint density at radius 3 is 1.62 bits per heavy atom. The molecule has 1 aliphatic rings. The maximum absolute atomic E-state index is 11.6. The third kappa shape index (κ3) is 7.30. The number of carbonyl (C=O) groups is 2. The molecule has 16 heteroatoms. The van der Waals surface area contributed by atoms with Crippen molar-refractivity contribution in [3.63, 3.8) is 0 Å². The zero-order valence-electron chi connectivity index (χ0n) is 24.0. The molecule has 1 saturated heterocycles. The van der Waals surface area contributed by atoms with E-state index in [1.54, 1.807) is 9.13 Å². The maximum atomic E-state index is 11.6. The minimum Gasteiger partial charge on any atom is -0.468 e. The van der Waals surface area contributed by atoms with Crippen molar-refractivity contribution < 1.29 is 28.3 Å². The van der Waals surface area contributed by atoms with E-state index in [0.29, 0.717) is 28.6 Å². The normalized spacial score (nSPS) is 12.1. The Morgan fingerprint density at radius 1 is 0.778 bits per heavy atom. The van der Waals surface area contributed by atoms with E-state index in [1.807, 2.05) is 48.5 Å². The molecular weight excluding hydrogens is 584 g/mol. The summed E-state index contributed by atoms with van der Waals surface area (Å²) in [6.45, 7) is 3.71. The van der Waals surface area contributed by atoms with Crippen LogP contribution < -0.4 is 11.5 Å². The molecule has 5 heterocycles. The number of benzene rings is 2. The largest absolute Gasteiger partial charge is 0.468 e. The number of ketones is 1. The second-order valence-corrected chi connectivity index (χ2v) is 9.61. The quantitative estimate of drug-likeness (QED) is 0.255. The minimum atomic E-state index is -0.399. The Labute approximate surface area is 257 Å². The zero-order valence-corrected chi connectivity index (χ0v) is 24.0. The molecule has 0 spiro atoms. The Bertz CT molecular complexity index is 1880. The van der Waals surface area contributed by atoms with Crippen LogP contribution in [-0.4, -0.2) is 71.8 Å². The Hall–Kier alpha value is -5.64. The standard InChI is InChI=1S/C12H11N5O3.C12H11N5O2.C4H8O.CH4/c1-19-9(18)6-17-8-5-3-2-4-7(8)14-12(17)10-11(13)16-20-15-10;1-7(18)6-17-9-5-3-2-4-8(9)14-12(17)10-11(13)16-19-15-10;1-2-4-5-3-1;/h2-5H,6H2,1H3,(H2,13,16);2-5H,6H2,1H3,(H2,13,16);1-4H2;1H4. The maximum Gasteiger partial charge on any atom is 0.325 e. The summed E-state index contributed by atoms with van der Waals surface area (Å²) in [6, 6.07) is 14.9. The van der Waals surface area contributed by atoms with Gasteiger partial charge in [-0.15, -0.1) is 0 Å². The number of esters is 1. The molecule has 0 radical (unpaired) electrons. The molecule has 0 saturated carbocycles. The number of rotatable bonds is 6. The van der Waals surface area contributed by atoms with Crippen molar-refractivity contribution in [1.29, 1.82) is 0 Å². The van der Waals surface area contributed by atoms with Crippen molar-refractivity contribution >= 4 is 45.5 Å². The van der Waals surface area contributed by atoms with Gasteiger partial charge in [0.1, 0.15) is 12.3 Å². The summed E-state index contributed by atoms with van der Waals surface area (Å²) in [4.78, 5) is 31.8. The van der Waals surface area contributed by atoms with E-state index in [9.17, 15) is 9.59 Å². The molecule has 1 fully saturated rings. The van der Waals surface area contributed by atoms with Crippen LogP contribution in [0.15, 0.2) is 57.8 Å². The highest BCUT2D eigenvalue weighted by atomic mass is 16.6. The van der Waals surface area contributed by atoms with Crippen LogP contribution >= 0.6 is 0 Å². The Balaban J connectivity index is 0.000000174. The number of methoxy groups -OCH3 is 1. The van der Waals surface area contributed by atoms with Gasteiger partial charge in [-0.05, 0) is 64.7 Å². The van der Waals surface area contributed by atoms with Gasteiger partial charge in [0.15, 0.2) is 34.7 Å². The number of hydrogen-bond acceptors (Lipinski definition) is 14. The number of para-hydroxylation sites is 4. The van der Waals surface area contributed by atoms with Gasteiger partial charge in [-0.1, -0.05) is 31.7 Å². The summed E-state index contributed by atoms with van der Waals surface area (Å²) in [6.07, 6.45) is 2.56. The molecule has 0 unspecified atom stereocenters. The summed E-state index contributed by atoms with van der Waals surface area (Å²) in [5, 5.41) is 14.5. The summed E-state index contributed by atoms with van der Waals surface area (Å²) in [5.74, 6) is 0.779. The average Bonchev–Trinajstić information content (AvgIpc) is 3.86. The van der Waals surface area contributed by atoms with Crippen molar-refractivity contribution in [2.75, 3.05) is 31.8 Å². The van der Waals surface area contributed by atoms with Crippen LogP contribution in [0.5, 0.6) is 0 Å². The number of carbonyl (C=O) groups excluding carboxylic acids is 2. The highest BCUT2D eigenvalue weighted by Crippen LogP contribution is 2.27. The lowest BCUT2D eigenvalue weighted by Gasteiger charge is -2.05. The zero-order chi connectivity index (χ0) is 31.1. The Morgan fingerprint density at radius 2 is 1.24 bits per heavy atom. The predicted molar refractivity (Wildman–Crippen MR) is 164 cm³/mol. The van der Waals surface area contributed by atoms with Crippen LogP contribution in [0.4, 0.5) is 11.6 Å². The fourth-order valence-electron chi connectivity index (χ4n) is 4.46. The first-order chi connectivity index (χ1) is 21.4. The minimum absolute atomic E-state index is 0. The molecule has 0 amide bonds. The number of aromatic nitrogens is 8. The summed E-state index contributed by atoms with van der Waals surface area (Å²) in [5.41, 5.74) is 15.1. The van der Waals surface area contributed by atoms with Gasteiger partial charge >= 0.3 is 5.97 Å². The number of imidazole rings is 2. The number of nitrogens with zero attached hydrogens (tertiary/aromatic N) is 8. The van der Waals surface area contributed by atoms with Gasteiger partial charge in [0.05, 0.1) is 35.7 Å². The lowest BCUT2D eigenvalue weighted by atomic mass is 10.3. The summed E-state index contributed by atoms with van der Waals surface area (Å²) < 4.78 is 22.2. The molecular formula is C29H34N10O6. The first-order valence-corrected chi connectivity index (χ1v) is 13.6. The number of hydrogen-bond donors (Lipinski definition) is 2. The van der Waals surface area contributed by atoms with Crippen molar-refractivity contribution in [3.8, 4) is 23.0 Å². The fraction of sp³-hybridized carbons (Fsp3) is 0.310. The molecule has 0 aliphatic carbocycles. The molecule has 4 aromatic heterocycles. The third-order valence-corrected chi connectivity index (χ3v) is 6.48. The van der Waals surface area contributed by atoms with Gasteiger partial charge < -0.3 is 30.1 Å². The third-order valence-electron chi connectivity index (χ3n) is 6.48. The molecule has 2 aromatic carbocycles. The topological polar surface area (TPSA) is 218 Å². The van der Waals surface area contributed by atoms with Crippen LogP contribution in [0, 0.1) is 0 Å². The van der Waals surface area contributed by atoms with Gasteiger partial charge in [-0.3, -0.25) is 9.59 Å². The SMILES string of the molecule is C.C1CCOC1.CC(=O)Cn1c(-c2nonc2N)nc2ccccc21.COC(=O)Cn1c(-c2nonc2N)nc2ccccc21. The van der Waals surface area contributed by atoms with Crippen LogP contribution in [-0.2, 0) is 32.2 Å². The number of Topliss-reactive ketones (excluding diaryl/α,β-unsaturated/α-hetero) is 1. The number of ether oxygens (including phenoxy) is 2. The van der Waals surface area contributed by atoms with Crippen LogP contribution in [0.25, 0.3) is 45.1 Å². The van der Waals surface area contributed by atoms with Crippen LogP contribution in [0.2, 0.25) is 0 Å². The van der Waals surface area contributed by atoms with Crippen molar-refractivity contribution in [1.82, 2.24) is 39.7 Å². The van der Waals surface area contributed by atoms with Gasteiger partial charge in [-0.25, -0.2) is 19.2 Å². The van der Waals surface area contributed by atoms with E-state index in [2.05, 4.69) is 39.9 Å². The number of nitrogen functional groups attached to an aromatic ring is 2. The van der Waals surface area contributed by atoms with E-state index in [0.717, 1.165) is 29.8 Å². The van der Waals surface area contributed by atoms with Crippen LogP contribution in [0.1, 0.15) is 27.2 Å². The molecule has 6 aromatic rings. The lowest BCUT2D eigenvalue weighted by molar-refractivity contribution is -0.141. The molecule has 16 nitrogen and oxygen atoms in total. The van der Waals surface area contributed by atoms with Crippen molar-refractivity contribution in [3.05, 3.63) is 48.5 Å². The smallest absolute Gasteiger partial charge is 0.325 e. The molecule has 0 bridgehead atoms. The fourth-order valence-corrected chi connectivity index (χ4v) is 4.46. The van der Waals surface area contributed by atoms with Crippen molar-refractivity contribution in [2.24, 2.45) is 0 Å². The first kappa shape index (κ1) is 32.3. The van der Waals surface area contributed by atoms with Gasteiger partial charge in [-0.2, -0.15) is 0 Å². The van der Waals surface area contributed by atoms with Gasteiger partial charge in [0, 0.05) is 13.2 Å². The van der Waals surface area contributed by atoms with E-state index in [-0.39, 0.29) is 37.9 Å². The molecule has 0 atom stereocenters. The van der Waals surface area contributed by atoms with E-state index in [4.69, 9.17) is 20.9 Å². The predicted octanol–water partition coefficient (Wildman–Crippen LogP) is 3.53. The first-order valence-electron chi connectivity index (χ1n) is 13.6. The second-order valence-electron chi connectivity index (χ2n) is 9.61. The van der Waals surface area contributed by atoms with Gasteiger partial charge in [0.25, 0.3) is 0 Å². The van der Waals surface area contributed by atoms with E-state index >= 15 is 0 Å². The Kier molecular flexibility index (Phi) is 10.5. The highest BCUT2D eigenvalue weighted by molar-refractivity contribution is 5.85. The van der Waals surface area contributed by atoms with E-state index in [1.165, 1.54) is 26.9 Å². The monoisotopic (exact) mass is 618 g/mol. The molecule has 4 N–H and O–H groups in total. The van der Waals surface area contributed by atoms with Crippen molar-refractivity contribution in [2.45, 2.75) is 40.3 Å². The second kappa shape index (κ2) is 14.7. The number of nitrogens with two attached hydrogens (primary N) is 2. The molecule has 7 rings (SSSR count). The number of anilines is 2. The molecule has 45 heavy (non-hydrogen) atoms. The average molecular weight is 619 g/mol. The molecule has 236 valence electrons. The van der Waals surface area contributed by atoms with Crippen LogP contribution in [0.3, 0.4) is 0 Å².